The Morgan fingerprint density at radius 2 is 2.32 bits per heavy atom. The van der Waals surface area contributed by atoms with Gasteiger partial charge in [0.2, 0.25) is 0 Å². The lowest BCUT2D eigenvalue weighted by atomic mass is 10.3. The standard InChI is InChI=1S/C10H10N8S/c1-18-10(15-16-17-18)6-5-12-9(13-8(6)14-11)7-3-2-4-19-7/h2-5H,11H2,1H3,(H,12,13,14). The molecule has 0 bridgehead atoms. The summed E-state index contributed by atoms with van der Waals surface area (Å²) in [5.74, 6) is 7.16. The zero-order valence-electron chi connectivity index (χ0n) is 9.98. The maximum absolute atomic E-state index is 5.51. The second-order valence-electron chi connectivity index (χ2n) is 3.70. The molecule has 0 atom stereocenters. The van der Waals surface area contributed by atoms with E-state index in [1.165, 1.54) is 4.68 Å². The van der Waals surface area contributed by atoms with E-state index in [1.807, 2.05) is 17.5 Å². The lowest BCUT2D eigenvalue weighted by Gasteiger charge is -2.07. The van der Waals surface area contributed by atoms with Crippen LogP contribution in [0.3, 0.4) is 0 Å². The molecule has 0 spiro atoms. The molecule has 0 aliphatic rings. The number of nitrogen functional groups attached to an aromatic ring is 1. The molecule has 3 N–H and O–H groups in total. The number of anilines is 1. The van der Waals surface area contributed by atoms with Crippen molar-refractivity contribution in [3.8, 4) is 22.1 Å². The van der Waals surface area contributed by atoms with Gasteiger partial charge < -0.3 is 5.43 Å². The summed E-state index contributed by atoms with van der Waals surface area (Å²) >= 11 is 1.56. The third kappa shape index (κ3) is 2.04. The lowest BCUT2D eigenvalue weighted by Crippen LogP contribution is -2.12. The highest BCUT2D eigenvalue weighted by Gasteiger charge is 2.14. The summed E-state index contributed by atoms with van der Waals surface area (Å²) in [4.78, 5) is 9.68. The van der Waals surface area contributed by atoms with Gasteiger partial charge in [0.1, 0.15) is 0 Å². The minimum Gasteiger partial charge on any atom is -0.308 e. The van der Waals surface area contributed by atoms with Crippen molar-refractivity contribution in [2.24, 2.45) is 12.9 Å². The Kier molecular flexibility index (Phi) is 2.89. The van der Waals surface area contributed by atoms with Crippen LogP contribution in [0.25, 0.3) is 22.1 Å². The first kappa shape index (κ1) is 11.7. The van der Waals surface area contributed by atoms with E-state index < -0.39 is 0 Å². The maximum atomic E-state index is 5.51. The number of hydrazine groups is 1. The van der Waals surface area contributed by atoms with Crippen molar-refractivity contribution < 1.29 is 0 Å². The van der Waals surface area contributed by atoms with E-state index in [-0.39, 0.29) is 0 Å². The van der Waals surface area contributed by atoms with Gasteiger partial charge in [0.05, 0.1) is 10.4 Å². The summed E-state index contributed by atoms with van der Waals surface area (Å²) in [6, 6.07) is 3.89. The molecule has 3 heterocycles. The molecule has 0 saturated heterocycles. The van der Waals surface area contributed by atoms with Crippen LogP contribution in [0.5, 0.6) is 0 Å². The molecule has 0 radical (unpaired) electrons. The predicted octanol–water partition coefficient (Wildman–Crippen LogP) is 0.681. The van der Waals surface area contributed by atoms with Gasteiger partial charge >= 0.3 is 0 Å². The molecule has 19 heavy (non-hydrogen) atoms. The Bertz CT molecular complexity index is 689. The van der Waals surface area contributed by atoms with Gasteiger partial charge in [-0.1, -0.05) is 6.07 Å². The summed E-state index contributed by atoms with van der Waals surface area (Å²) in [5, 5.41) is 13.2. The van der Waals surface area contributed by atoms with Crippen LogP contribution in [0.1, 0.15) is 0 Å². The van der Waals surface area contributed by atoms with Crippen molar-refractivity contribution in [1.29, 1.82) is 0 Å². The normalized spacial score (nSPS) is 10.6. The van der Waals surface area contributed by atoms with Crippen molar-refractivity contribution in [2.45, 2.75) is 0 Å². The second-order valence-corrected chi connectivity index (χ2v) is 4.65. The van der Waals surface area contributed by atoms with Crippen LogP contribution >= 0.6 is 11.3 Å². The zero-order valence-corrected chi connectivity index (χ0v) is 10.8. The summed E-state index contributed by atoms with van der Waals surface area (Å²) < 4.78 is 1.53. The minimum atomic E-state index is 0.483. The third-order valence-electron chi connectivity index (χ3n) is 2.53. The molecule has 0 saturated carbocycles. The van der Waals surface area contributed by atoms with Crippen LogP contribution < -0.4 is 11.3 Å². The third-order valence-corrected chi connectivity index (χ3v) is 3.39. The first-order valence-electron chi connectivity index (χ1n) is 5.40. The van der Waals surface area contributed by atoms with Crippen LogP contribution in [-0.4, -0.2) is 30.2 Å². The van der Waals surface area contributed by atoms with Gasteiger partial charge in [0.15, 0.2) is 17.5 Å². The Hall–Kier alpha value is -2.39. The van der Waals surface area contributed by atoms with E-state index in [1.54, 1.807) is 24.6 Å². The molecule has 8 nitrogen and oxygen atoms in total. The number of tetrazole rings is 1. The van der Waals surface area contributed by atoms with E-state index in [9.17, 15) is 0 Å². The van der Waals surface area contributed by atoms with Gasteiger partial charge in [-0.3, -0.25) is 0 Å². The fraction of sp³-hybridized carbons (Fsp3) is 0.100. The molecule has 96 valence electrons. The number of aryl methyl sites for hydroxylation is 1. The summed E-state index contributed by atoms with van der Waals surface area (Å²) in [7, 11) is 1.74. The average Bonchev–Trinajstić information content (AvgIpc) is 3.09. The highest BCUT2D eigenvalue weighted by Crippen LogP contribution is 2.27. The Balaban J connectivity index is 2.11. The molecular weight excluding hydrogens is 264 g/mol. The van der Waals surface area contributed by atoms with Crippen LogP contribution in [0, 0.1) is 0 Å². The van der Waals surface area contributed by atoms with Crippen molar-refractivity contribution in [3.05, 3.63) is 23.7 Å². The number of aromatic nitrogens is 6. The number of rotatable bonds is 3. The molecule has 0 fully saturated rings. The fourth-order valence-electron chi connectivity index (χ4n) is 1.64. The topological polar surface area (TPSA) is 107 Å². The number of hydrogen-bond donors (Lipinski definition) is 2. The number of nitrogens with two attached hydrogens (primary N) is 1. The first-order chi connectivity index (χ1) is 9.29. The molecule has 0 aliphatic heterocycles. The minimum absolute atomic E-state index is 0.483. The molecule has 0 aromatic carbocycles. The number of nitrogens with zero attached hydrogens (tertiary/aromatic N) is 6. The summed E-state index contributed by atoms with van der Waals surface area (Å²) in [6.45, 7) is 0. The van der Waals surface area contributed by atoms with Crippen molar-refractivity contribution in [3.63, 3.8) is 0 Å². The van der Waals surface area contributed by atoms with Gasteiger partial charge in [0, 0.05) is 13.2 Å². The molecule has 3 aromatic rings. The molecule has 3 aromatic heterocycles. The predicted molar refractivity (Wildman–Crippen MR) is 70.9 cm³/mol. The van der Waals surface area contributed by atoms with E-state index in [0.717, 1.165) is 4.88 Å². The molecule has 0 amide bonds. The van der Waals surface area contributed by atoms with Crippen molar-refractivity contribution >= 4 is 17.2 Å². The van der Waals surface area contributed by atoms with Crippen LogP contribution in [0.2, 0.25) is 0 Å². The van der Waals surface area contributed by atoms with Crippen molar-refractivity contribution in [2.75, 3.05) is 5.43 Å². The lowest BCUT2D eigenvalue weighted by molar-refractivity contribution is 0.714. The SMILES string of the molecule is Cn1nnnc1-c1cnc(-c2cccs2)nc1NN. The van der Waals surface area contributed by atoms with Gasteiger partial charge in [0.25, 0.3) is 0 Å². The average molecular weight is 274 g/mol. The van der Waals surface area contributed by atoms with Gasteiger partial charge in [-0.2, -0.15) is 0 Å². The highest BCUT2D eigenvalue weighted by atomic mass is 32.1. The van der Waals surface area contributed by atoms with Gasteiger partial charge in [-0.25, -0.2) is 20.5 Å². The van der Waals surface area contributed by atoms with Crippen LogP contribution in [0.4, 0.5) is 5.82 Å². The first-order valence-corrected chi connectivity index (χ1v) is 6.28. The molecule has 0 unspecified atom stereocenters. The molecule has 3 rings (SSSR count). The number of hydrogen-bond acceptors (Lipinski definition) is 8. The Morgan fingerprint density at radius 1 is 1.42 bits per heavy atom. The molecule has 0 aliphatic carbocycles. The second kappa shape index (κ2) is 4.71. The number of nitrogens with one attached hydrogen (secondary N) is 1. The van der Waals surface area contributed by atoms with Gasteiger partial charge in [-0.15, -0.1) is 16.4 Å². The van der Waals surface area contributed by atoms with E-state index in [4.69, 9.17) is 5.84 Å². The smallest absolute Gasteiger partial charge is 0.187 e. The summed E-state index contributed by atoms with van der Waals surface area (Å²) in [6.07, 6.45) is 1.66. The van der Waals surface area contributed by atoms with E-state index >= 15 is 0 Å². The fourth-order valence-corrected chi connectivity index (χ4v) is 2.30. The Morgan fingerprint density at radius 3 is 2.95 bits per heavy atom. The van der Waals surface area contributed by atoms with Crippen molar-refractivity contribution in [1.82, 2.24) is 30.2 Å². The number of thiophene rings is 1. The maximum Gasteiger partial charge on any atom is 0.187 e. The molecule has 9 heteroatoms. The summed E-state index contributed by atoms with van der Waals surface area (Å²) in [5.41, 5.74) is 3.21. The van der Waals surface area contributed by atoms with Crippen LogP contribution in [-0.2, 0) is 7.05 Å². The van der Waals surface area contributed by atoms with E-state index in [2.05, 4.69) is 30.9 Å². The largest absolute Gasteiger partial charge is 0.308 e. The quantitative estimate of drug-likeness (QED) is 0.534. The van der Waals surface area contributed by atoms with Crippen LogP contribution in [0.15, 0.2) is 23.7 Å². The monoisotopic (exact) mass is 274 g/mol. The van der Waals surface area contributed by atoms with Gasteiger partial charge in [-0.05, 0) is 21.9 Å². The highest BCUT2D eigenvalue weighted by molar-refractivity contribution is 7.13. The zero-order chi connectivity index (χ0) is 13.2. The van der Waals surface area contributed by atoms with E-state index in [0.29, 0.717) is 23.0 Å². The molecular formula is C10H10N8S. The Labute approximate surface area is 112 Å².